The molecular weight excluding hydrogens is 354 g/mol. The Morgan fingerprint density at radius 3 is 1.79 bits per heavy atom. The number of hydrogen-bond donors (Lipinski definition) is 0. The van der Waals surface area contributed by atoms with Crippen molar-refractivity contribution < 1.29 is 0 Å². The van der Waals surface area contributed by atoms with Gasteiger partial charge >= 0.3 is 0 Å². The molecule has 0 aliphatic rings. The molecule has 0 unspecified atom stereocenters. The van der Waals surface area contributed by atoms with Crippen LogP contribution in [0, 0.1) is 0 Å². The molecule has 0 amide bonds. The van der Waals surface area contributed by atoms with Crippen molar-refractivity contribution in [3.8, 4) is 22.6 Å². The van der Waals surface area contributed by atoms with Crippen molar-refractivity contribution in [2.24, 2.45) is 0 Å². The maximum absolute atomic E-state index is 4.67. The van der Waals surface area contributed by atoms with Crippen LogP contribution in [-0.4, -0.2) is 15.0 Å². The van der Waals surface area contributed by atoms with Gasteiger partial charge in [-0.25, -0.2) is 9.97 Å². The van der Waals surface area contributed by atoms with Crippen LogP contribution in [0.5, 0.6) is 0 Å². The van der Waals surface area contributed by atoms with E-state index in [0.29, 0.717) is 0 Å². The number of pyridine rings is 1. The van der Waals surface area contributed by atoms with Gasteiger partial charge in [-0.15, -0.1) is 0 Å². The van der Waals surface area contributed by atoms with E-state index in [1.165, 1.54) is 56.1 Å². The largest absolute Gasteiger partial charge is 0.256 e. The van der Waals surface area contributed by atoms with Crippen molar-refractivity contribution in [1.82, 2.24) is 15.0 Å². The average molecular weight is 388 g/mol. The highest BCUT2D eigenvalue weighted by atomic mass is 14.9. The van der Waals surface area contributed by atoms with Gasteiger partial charge in [0.05, 0.1) is 5.69 Å². The van der Waals surface area contributed by atoms with Crippen LogP contribution in [0.15, 0.2) is 55.0 Å². The fraction of sp³-hybridized carbons (Fsp3) is 0.423. The number of aryl methyl sites for hydroxylation is 2. The first-order chi connectivity index (χ1) is 14.3. The molecule has 0 fully saturated rings. The maximum Gasteiger partial charge on any atom is 0.159 e. The van der Waals surface area contributed by atoms with Crippen molar-refractivity contribution in [2.75, 3.05) is 0 Å². The van der Waals surface area contributed by atoms with Gasteiger partial charge in [-0.05, 0) is 42.9 Å². The molecule has 29 heavy (non-hydrogen) atoms. The molecule has 0 saturated heterocycles. The van der Waals surface area contributed by atoms with Gasteiger partial charge in [0.15, 0.2) is 5.82 Å². The summed E-state index contributed by atoms with van der Waals surface area (Å²) in [5.41, 5.74) is 5.73. The molecule has 0 aliphatic heterocycles. The molecular formula is C26H33N3. The molecule has 0 N–H and O–H groups in total. The smallest absolute Gasteiger partial charge is 0.159 e. The van der Waals surface area contributed by atoms with Crippen molar-refractivity contribution in [3.63, 3.8) is 0 Å². The molecule has 152 valence electrons. The van der Waals surface area contributed by atoms with Crippen LogP contribution < -0.4 is 0 Å². The minimum Gasteiger partial charge on any atom is -0.256 e. The van der Waals surface area contributed by atoms with Crippen LogP contribution in [0.2, 0.25) is 0 Å². The summed E-state index contributed by atoms with van der Waals surface area (Å²) in [5, 5.41) is 0. The number of nitrogens with zero attached hydrogens (tertiary/aromatic N) is 3. The summed E-state index contributed by atoms with van der Waals surface area (Å²) in [7, 11) is 0. The molecule has 1 aromatic carbocycles. The lowest BCUT2D eigenvalue weighted by Gasteiger charge is -2.06. The Labute approximate surface area is 175 Å². The highest BCUT2D eigenvalue weighted by molar-refractivity contribution is 5.65. The van der Waals surface area contributed by atoms with E-state index in [-0.39, 0.29) is 0 Å². The van der Waals surface area contributed by atoms with Crippen molar-refractivity contribution >= 4 is 0 Å². The van der Waals surface area contributed by atoms with E-state index in [2.05, 4.69) is 65.2 Å². The number of aromatic nitrogens is 3. The molecule has 0 spiro atoms. The first-order valence-corrected chi connectivity index (χ1v) is 11.2. The molecule has 3 nitrogen and oxygen atoms in total. The summed E-state index contributed by atoms with van der Waals surface area (Å²) in [6, 6.07) is 12.7. The predicted octanol–water partition coefficient (Wildman–Crippen LogP) is 7.06. The lowest BCUT2D eigenvalue weighted by Crippen LogP contribution is -1.93. The van der Waals surface area contributed by atoms with Crippen LogP contribution in [0.1, 0.15) is 69.9 Å². The number of rotatable bonds is 11. The van der Waals surface area contributed by atoms with Gasteiger partial charge in [0.2, 0.25) is 0 Å². The first kappa shape index (κ1) is 21.2. The highest BCUT2D eigenvalue weighted by Gasteiger charge is 2.05. The van der Waals surface area contributed by atoms with E-state index >= 15 is 0 Å². The normalized spacial score (nSPS) is 11.0. The third-order valence-corrected chi connectivity index (χ3v) is 5.36. The fourth-order valence-corrected chi connectivity index (χ4v) is 3.50. The molecule has 0 atom stereocenters. The van der Waals surface area contributed by atoms with Gasteiger partial charge in [-0.3, -0.25) is 4.98 Å². The van der Waals surface area contributed by atoms with E-state index in [1.54, 1.807) is 0 Å². The quantitative estimate of drug-likeness (QED) is 0.330. The van der Waals surface area contributed by atoms with E-state index in [9.17, 15) is 0 Å². The summed E-state index contributed by atoms with van der Waals surface area (Å²) >= 11 is 0. The van der Waals surface area contributed by atoms with Gasteiger partial charge in [0.25, 0.3) is 0 Å². The van der Waals surface area contributed by atoms with E-state index < -0.39 is 0 Å². The Morgan fingerprint density at radius 1 is 0.552 bits per heavy atom. The van der Waals surface area contributed by atoms with Crippen LogP contribution >= 0.6 is 0 Å². The zero-order chi connectivity index (χ0) is 20.3. The molecule has 3 aromatic rings. The summed E-state index contributed by atoms with van der Waals surface area (Å²) in [6.45, 7) is 4.47. The second kappa shape index (κ2) is 11.5. The van der Waals surface area contributed by atoms with Gasteiger partial charge in [-0.1, -0.05) is 76.3 Å². The molecule has 3 heteroatoms. The minimum absolute atomic E-state index is 0.783. The molecule has 0 saturated carbocycles. The van der Waals surface area contributed by atoms with Crippen LogP contribution in [0.3, 0.4) is 0 Å². The third-order valence-electron chi connectivity index (χ3n) is 5.36. The molecule has 3 rings (SSSR count). The van der Waals surface area contributed by atoms with E-state index in [4.69, 9.17) is 0 Å². The average Bonchev–Trinajstić information content (AvgIpc) is 2.78. The Hall–Kier alpha value is -2.55. The molecule has 2 heterocycles. The molecule has 0 aliphatic carbocycles. The van der Waals surface area contributed by atoms with Crippen LogP contribution in [-0.2, 0) is 12.8 Å². The first-order valence-electron chi connectivity index (χ1n) is 11.2. The predicted molar refractivity (Wildman–Crippen MR) is 122 cm³/mol. The molecule has 2 aromatic heterocycles. The monoisotopic (exact) mass is 387 g/mol. The fourth-order valence-electron chi connectivity index (χ4n) is 3.50. The summed E-state index contributed by atoms with van der Waals surface area (Å²) in [4.78, 5) is 13.8. The Kier molecular flexibility index (Phi) is 8.36. The summed E-state index contributed by atoms with van der Waals surface area (Å²) in [6.07, 6.45) is 17.0. The second-order valence-electron chi connectivity index (χ2n) is 7.81. The Morgan fingerprint density at radius 2 is 1.14 bits per heavy atom. The van der Waals surface area contributed by atoms with Crippen molar-refractivity contribution in [1.29, 1.82) is 0 Å². The minimum atomic E-state index is 0.783. The van der Waals surface area contributed by atoms with E-state index in [0.717, 1.165) is 35.5 Å². The number of unbranched alkanes of at least 4 members (excludes halogenated alkanes) is 5. The standard InChI is InChI=1S/C26H33N3/c1-3-5-7-9-10-21-12-17-25(27-18-21)23-13-15-24(16-14-23)26-28-19-22(20-29-26)11-8-6-4-2/h12-20H,3-11H2,1-2H3. The number of hydrogen-bond acceptors (Lipinski definition) is 3. The molecule has 0 bridgehead atoms. The van der Waals surface area contributed by atoms with Gasteiger partial charge in [0, 0.05) is 29.7 Å². The van der Waals surface area contributed by atoms with Gasteiger partial charge in [0.1, 0.15) is 0 Å². The van der Waals surface area contributed by atoms with Gasteiger partial charge < -0.3 is 0 Å². The zero-order valence-electron chi connectivity index (χ0n) is 17.9. The maximum atomic E-state index is 4.67. The number of benzene rings is 1. The highest BCUT2D eigenvalue weighted by Crippen LogP contribution is 2.22. The van der Waals surface area contributed by atoms with Crippen LogP contribution in [0.25, 0.3) is 22.6 Å². The zero-order valence-corrected chi connectivity index (χ0v) is 17.9. The SMILES string of the molecule is CCCCCCc1ccc(-c2ccc(-c3ncc(CCCCC)cn3)cc2)nc1. The Bertz CT molecular complexity index is 837. The Balaban J connectivity index is 1.59. The van der Waals surface area contributed by atoms with Gasteiger partial charge in [-0.2, -0.15) is 0 Å². The second-order valence-corrected chi connectivity index (χ2v) is 7.81. The summed E-state index contributed by atoms with van der Waals surface area (Å²) < 4.78 is 0. The van der Waals surface area contributed by atoms with Crippen molar-refractivity contribution in [2.45, 2.75) is 71.6 Å². The topological polar surface area (TPSA) is 38.7 Å². The van der Waals surface area contributed by atoms with Crippen molar-refractivity contribution in [3.05, 3.63) is 66.1 Å². The lowest BCUT2D eigenvalue weighted by molar-refractivity contribution is 0.666. The lowest BCUT2D eigenvalue weighted by atomic mass is 10.0. The van der Waals surface area contributed by atoms with E-state index in [1.807, 2.05) is 18.6 Å². The third kappa shape index (κ3) is 6.49. The van der Waals surface area contributed by atoms with Crippen LogP contribution in [0.4, 0.5) is 0 Å². The summed E-state index contributed by atoms with van der Waals surface area (Å²) in [5.74, 6) is 0.783. The molecule has 0 radical (unpaired) electrons.